The number of aryl methyl sites for hydroxylation is 1. The molecule has 2 aliphatic rings. The Kier molecular flexibility index (Phi) is 5.04. The van der Waals surface area contributed by atoms with Gasteiger partial charge in [-0.1, -0.05) is 0 Å². The van der Waals surface area contributed by atoms with E-state index in [4.69, 9.17) is 15.2 Å². The highest BCUT2D eigenvalue weighted by Gasteiger charge is 2.19. The molecular formula is C21H21N7O3. The molecule has 3 aromatic rings. The topological polar surface area (TPSA) is 128 Å². The van der Waals surface area contributed by atoms with Gasteiger partial charge in [-0.15, -0.1) is 0 Å². The van der Waals surface area contributed by atoms with Gasteiger partial charge in [-0.05, 0) is 42.3 Å². The summed E-state index contributed by atoms with van der Waals surface area (Å²) in [5, 5.41) is 2.87. The summed E-state index contributed by atoms with van der Waals surface area (Å²) in [6.45, 7) is 2.58. The van der Waals surface area contributed by atoms with E-state index in [0.29, 0.717) is 68.0 Å². The molecule has 1 amide bonds. The van der Waals surface area contributed by atoms with Gasteiger partial charge < -0.3 is 25.4 Å². The number of nitrogens with zero attached hydrogens (tertiary/aromatic N) is 5. The molecule has 0 radical (unpaired) electrons. The third-order valence-electron chi connectivity index (χ3n) is 5.12. The maximum Gasteiger partial charge on any atom is 0.327 e. The molecule has 1 aromatic carbocycles. The lowest BCUT2D eigenvalue weighted by Gasteiger charge is -2.27. The van der Waals surface area contributed by atoms with Gasteiger partial charge in [0.25, 0.3) is 0 Å². The average molecular weight is 419 g/mol. The molecule has 0 bridgehead atoms. The van der Waals surface area contributed by atoms with Crippen LogP contribution in [0.2, 0.25) is 0 Å². The van der Waals surface area contributed by atoms with Gasteiger partial charge >= 0.3 is 6.01 Å². The number of hydrogen-bond acceptors (Lipinski definition) is 9. The molecule has 0 saturated carbocycles. The lowest BCUT2D eigenvalue weighted by atomic mass is 10.0. The Morgan fingerprint density at radius 3 is 2.74 bits per heavy atom. The van der Waals surface area contributed by atoms with Crippen LogP contribution in [0, 0.1) is 0 Å². The predicted octanol–water partition coefficient (Wildman–Crippen LogP) is 2.03. The van der Waals surface area contributed by atoms with Gasteiger partial charge in [0.1, 0.15) is 11.6 Å². The largest absolute Gasteiger partial charge is 0.424 e. The highest BCUT2D eigenvalue weighted by atomic mass is 16.5. The van der Waals surface area contributed by atoms with Gasteiger partial charge in [0.05, 0.1) is 13.2 Å². The zero-order valence-corrected chi connectivity index (χ0v) is 16.7. The molecule has 31 heavy (non-hydrogen) atoms. The number of morpholine rings is 1. The molecule has 1 fully saturated rings. The van der Waals surface area contributed by atoms with Crippen LogP contribution in [0.3, 0.4) is 0 Å². The van der Waals surface area contributed by atoms with E-state index in [9.17, 15) is 4.79 Å². The highest BCUT2D eigenvalue weighted by molar-refractivity contribution is 5.94. The zero-order valence-electron chi connectivity index (χ0n) is 16.7. The fourth-order valence-electron chi connectivity index (χ4n) is 3.49. The molecule has 0 unspecified atom stereocenters. The van der Waals surface area contributed by atoms with E-state index in [2.05, 4.69) is 25.3 Å². The number of amides is 1. The number of nitrogen functional groups attached to an aromatic ring is 1. The number of nitrogens with two attached hydrogens (primary N) is 1. The van der Waals surface area contributed by atoms with E-state index < -0.39 is 0 Å². The van der Waals surface area contributed by atoms with Gasteiger partial charge in [-0.25, -0.2) is 4.98 Å². The van der Waals surface area contributed by atoms with Gasteiger partial charge in [0.15, 0.2) is 5.82 Å². The normalized spacial score (nSPS) is 15.9. The SMILES string of the molecule is Nc1ccc(-c2nc(Oc3ccc4c(c3)CCC(=O)N4)nc(N3CCOCC3)n2)cn1. The number of nitrogens with one attached hydrogen (secondary N) is 1. The maximum atomic E-state index is 11.6. The Morgan fingerprint density at radius 1 is 1.06 bits per heavy atom. The Hall–Kier alpha value is -3.79. The molecule has 2 aromatic heterocycles. The summed E-state index contributed by atoms with van der Waals surface area (Å²) in [7, 11) is 0. The van der Waals surface area contributed by atoms with E-state index >= 15 is 0 Å². The lowest BCUT2D eigenvalue weighted by Crippen LogP contribution is -2.37. The summed E-state index contributed by atoms with van der Waals surface area (Å²) in [6, 6.07) is 9.21. The van der Waals surface area contributed by atoms with Crippen molar-refractivity contribution in [2.45, 2.75) is 12.8 Å². The third kappa shape index (κ3) is 4.24. The number of carbonyl (C=O) groups excluding carboxylic acids is 1. The number of pyridine rings is 1. The van der Waals surface area contributed by atoms with Crippen LogP contribution in [0.5, 0.6) is 11.8 Å². The molecule has 3 N–H and O–H groups in total. The fourth-order valence-corrected chi connectivity index (χ4v) is 3.49. The van der Waals surface area contributed by atoms with E-state index in [1.807, 2.05) is 23.1 Å². The Labute approximate surface area is 178 Å². The number of fused-ring (bicyclic) bond motifs is 1. The summed E-state index contributed by atoms with van der Waals surface area (Å²) in [5.74, 6) is 2.00. The molecular weight excluding hydrogens is 398 g/mol. The number of aromatic nitrogens is 4. The van der Waals surface area contributed by atoms with Crippen LogP contribution in [0.4, 0.5) is 17.5 Å². The first-order valence-electron chi connectivity index (χ1n) is 10.1. The van der Waals surface area contributed by atoms with Gasteiger partial charge in [-0.3, -0.25) is 4.79 Å². The molecule has 0 atom stereocenters. The number of anilines is 3. The van der Waals surface area contributed by atoms with Crippen LogP contribution in [-0.4, -0.2) is 52.1 Å². The molecule has 5 rings (SSSR count). The lowest BCUT2D eigenvalue weighted by molar-refractivity contribution is -0.116. The number of ether oxygens (including phenoxy) is 2. The van der Waals surface area contributed by atoms with Crippen molar-refractivity contribution in [3.63, 3.8) is 0 Å². The summed E-state index contributed by atoms with van der Waals surface area (Å²) in [5.41, 5.74) is 8.25. The quantitative estimate of drug-likeness (QED) is 0.652. The number of rotatable bonds is 4. The second-order valence-corrected chi connectivity index (χ2v) is 7.28. The Bertz CT molecular complexity index is 1110. The van der Waals surface area contributed by atoms with Crippen LogP contribution < -0.4 is 20.7 Å². The first-order valence-corrected chi connectivity index (χ1v) is 10.1. The van der Waals surface area contributed by atoms with Crippen molar-refractivity contribution >= 4 is 23.4 Å². The van der Waals surface area contributed by atoms with Crippen molar-refractivity contribution in [1.82, 2.24) is 19.9 Å². The average Bonchev–Trinajstić information content (AvgIpc) is 2.80. The van der Waals surface area contributed by atoms with Crippen LogP contribution in [0.1, 0.15) is 12.0 Å². The smallest absolute Gasteiger partial charge is 0.327 e. The number of carbonyl (C=O) groups is 1. The number of benzene rings is 1. The molecule has 10 nitrogen and oxygen atoms in total. The molecule has 0 spiro atoms. The van der Waals surface area contributed by atoms with E-state index in [0.717, 1.165) is 11.3 Å². The maximum absolute atomic E-state index is 11.6. The first kappa shape index (κ1) is 19.2. The van der Waals surface area contributed by atoms with Crippen molar-refractivity contribution in [1.29, 1.82) is 0 Å². The minimum absolute atomic E-state index is 0.0236. The molecule has 10 heteroatoms. The number of hydrogen-bond donors (Lipinski definition) is 2. The van der Waals surface area contributed by atoms with Crippen molar-refractivity contribution in [3.8, 4) is 23.1 Å². The van der Waals surface area contributed by atoms with Crippen LogP contribution in [0.15, 0.2) is 36.5 Å². The van der Waals surface area contributed by atoms with Crippen molar-refractivity contribution in [2.75, 3.05) is 42.3 Å². The van der Waals surface area contributed by atoms with Crippen molar-refractivity contribution in [3.05, 3.63) is 42.1 Å². The van der Waals surface area contributed by atoms with Gasteiger partial charge in [0.2, 0.25) is 11.9 Å². The second-order valence-electron chi connectivity index (χ2n) is 7.28. The van der Waals surface area contributed by atoms with E-state index in [1.54, 1.807) is 18.3 Å². The summed E-state index contributed by atoms with van der Waals surface area (Å²) in [4.78, 5) is 31.4. The summed E-state index contributed by atoms with van der Waals surface area (Å²) >= 11 is 0. The zero-order chi connectivity index (χ0) is 21.2. The third-order valence-corrected chi connectivity index (χ3v) is 5.12. The Balaban J connectivity index is 1.49. The minimum atomic E-state index is 0.0236. The molecule has 4 heterocycles. The first-order chi connectivity index (χ1) is 15.1. The molecule has 158 valence electrons. The predicted molar refractivity (Wildman–Crippen MR) is 114 cm³/mol. The monoisotopic (exact) mass is 419 g/mol. The second kappa shape index (κ2) is 8.15. The summed E-state index contributed by atoms with van der Waals surface area (Å²) in [6.07, 6.45) is 2.74. The Morgan fingerprint density at radius 2 is 1.94 bits per heavy atom. The summed E-state index contributed by atoms with van der Waals surface area (Å²) < 4.78 is 11.4. The van der Waals surface area contributed by atoms with Gasteiger partial charge in [-0.2, -0.15) is 15.0 Å². The van der Waals surface area contributed by atoms with E-state index in [-0.39, 0.29) is 11.9 Å². The van der Waals surface area contributed by atoms with Gasteiger partial charge in [0, 0.05) is 37.0 Å². The van der Waals surface area contributed by atoms with E-state index in [1.165, 1.54) is 0 Å². The van der Waals surface area contributed by atoms with Crippen molar-refractivity contribution in [2.24, 2.45) is 0 Å². The molecule has 0 aliphatic carbocycles. The molecule has 1 saturated heterocycles. The van der Waals surface area contributed by atoms with Crippen LogP contribution >= 0.6 is 0 Å². The molecule has 2 aliphatic heterocycles. The fraction of sp³-hybridized carbons (Fsp3) is 0.286. The van der Waals surface area contributed by atoms with Crippen LogP contribution in [-0.2, 0) is 16.0 Å². The van der Waals surface area contributed by atoms with Crippen molar-refractivity contribution < 1.29 is 14.3 Å². The van der Waals surface area contributed by atoms with Crippen LogP contribution in [0.25, 0.3) is 11.4 Å². The highest BCUT2D eigenvalue weighted by Crippen LogP contribution is 2.30. The minimum Gasteiger partial charge on any atom is -0.424 e. The standard InChI is InChI=1S/C21H21N7O3/c22-17-5-1-14(12-23-17)19-25-20(28-7-9-30-10-8-28)27-21(26-19)31-15-3-4-16-13(11-15)2-6-18(29)24-16/h1,3-5,11-12H,2,6-10H2,(H2,22,23)(H,24,29).